The van der Waals surface area contributed by atoms with E-state index in [-0.39, 0.29) is 22.9 Å². The Hall–Kier alpha value is -3.10. The maximum Gasteiger partial charge on any atom is 0.189 e. The molecule has 1 N–H and O–H groups in total. The van der Waals surface area contributed by atoms with E-state index in [9.17, 15) is 14.3 Å². The number of phenolic OH excluding ortho intramolecular Hbond substituents is 1. The summed E-state index contributed by atoms with van der Waals surface area (Å²) in [6.45, 7) is 3.83. The predicted octanol–water partition coefficient (Wildman–Crippen LogP) is 6.12. The number of halogens is 2. The van der Waals surface area contributed by atoms with Crippen molar-refractivity contribution < 1.29 is 14.3 Å². The standard InChI is InChI=1S/C23H17BrFN3O2S/c1-13-23(31-14(2)26-13)22-15(12-28(27-22)18-7-5-17(25)6-8-18)3-9-20(29)19-11-16(24)4-10-21(19)30/h3-12,30H,1-2H3/b9-3+. The Kier molecular flexibility index (Phi) is 5.84. The van der Waals surface area contributed by atoms with Crippen LogP contribution in [0.5, 0.6) is 5.75 Å². The van der Waals surface area contributed by atoms with E-state index in [4.69, 9.17) is 0 Å². The Balaban J connectivity index is 1.77. The number of phenols is 1. The molecule has 0 fully saturated rings. The zero-order chi connectivity index (χ0) is 22.1. The lowest BCUT2D eigenvalue weighted by atomic mass is 10.1. The van der Waals surface area contributed by atoms with Crippen LogP contribution in [0.25, 0.3) is 22.3 Å². The van der Waals surface area contributed by atoms with Crippen molar-refractivity contribution in [1.82, 2.24) is 14.8 Å². The van der Waals surface area contributed by atoms with Gasteiger partial charge >= 0.3 is 0 Å². The molecule has 31 heavy (non-hydrogen) atoms. The number of rotatable bonds is 5. The van der Waals surface area contributed by atoms with Crippen LogP contribution in [0.1, 0.15) is 26.6 Å². The first kappa shape index (κ1) is 21.1. The number of hydrogen-bond acceptors (Lipinski definition) is 5. The Morgan fingerprint density at radius 1 is 1.19 bits per heavy atom. The molecule has 2 aromatic heterocycles. The van der Waals surface area contributed by atoms with Crippen LogP contribution in [0.2, 0.25) is 0 Å². The van der Waals surface area contributed by atoms with Crippen molar-refractivity contribution in [3.05, 3.63) is 86.9 Å². The van der Waals surface area contributed by atoms with Crippen molar-refractivity contribution in [3.63, 3.8) is 0 Å². The lowest BCUT2D eigenvalue weighted by molar-refractivity contribution is 0.104. The maximum atomic E-state index is 13.3. The zero-order valence-corrected chi connectivity index (χ0v) is 19.0. The van der Waals surface area contributed by atoms with E-state index in [1.54, 1.807) is 41.2 Å². The first-order valence-corrected chi connectivity index (χ1v) is 10.9. The summed E-state index contributed by atoms with van der Waals surface area (Å²) in [4.78, 5) is 18.1. The van der Waals surface area contributed by atoms with Crippen molar-refractivity contribution in [3.8, 4) is 22.0 Å². The highest BCUT2D eigenvalue weighted by atomic mass is 79.9. The van der Waals surface area contributed by atoms with Crippen LogP contribution in [-0.4, -0.2) is 25.7 Å². The summed E-state index contributed by atoms with van der Waals surface area (Å²) in [5, 5.41) is 15.6. The van der Waals surface area contributed by atoms with Gasteiger partial charge in [0.1, 0.15) is 17.3 Å². The van der Waals surface area contributed by atoms with Crippen LogP contribution in [0.4, 0.5) is 4.39 Å². The fourth-order valence-corrected chi connectivity index (χ4v) is 4.41. The number of allylic oxidation sites excluding steroid dienone is 1. The van der Waals surface area contributed by atoms with Gasteiger partial charge in [0, 0.05) is 16.2 Å². The van der Waals surface area contributed by atoms with Crippen LogP contribution in [0.15, 0.2) is 59.2 Å². The number of ketones is 1. The smallest absolute Gasteiger partial charge is 0.189 e. The molecule has 8 heteroatoms. The molecular weight excluding hydrogens is 481 g/mol. The molecular formula is C23H17BrFN3O2S. The van der Waals surface area contributed by atoms with Crippen molar-refractivity contribution >= 4 is 39.1 Å². The van der Waals surface area contributed by atoms with Gasteiger partial charge in [0.25, 0.3) is 0 Å². The van der Waals surface area contributed by atoms with E-state index < -0.39 is 0 Å². The number of benzene rings is 2. The largest absolute Gasteiger partial charge is 0.507 e. The van der Waals surface area contributed by atoms with E-state index in [0.29, 0.717) is 21.4 Å². The number of thiazole rings is 1. The Morgan fingerprint density at radius 2 is 1.94 bits per heavy atom. The molecule has 0 aliphatic carbocycles. The number of aryl methyl sites for hydroxylation is 2. The van der Waals surface area contributed by atoms with Gasteiger partial charge in [-0.2, -0.15) is 5.10 Å². The molecule has 5 nitrogen and oxygen atoms in total. The fraction of sp³-hybridized carbons (Fsp3) is 0.0870. The van der Waals surface area contributed by atoms with Gasteiger partial charge in [-0.05, 0) is 68.5 Å². The third-order valence-electron chi connectivity index (χ3n) is 4.59. The Labute approximate surface area is 190 Å². The minimum absolute atomic E-state index is 0.0889. The van der Waals surface area contributed by atoms with Gasteiger partial charge in [-0.25, -0.2) is 14.1 Å². The highest BCUT2D eigenvalue weighted by Crippen LogP contribution is 2.33. The second kappa shape index (κ2) is 8.56. The van der Waals surface area contributed by atoms with Crippen molar-refractivity contribution in [1.29, 1.82) is 0 Å². The third kappa shape index (κ3) is 4.50. The van der Waals surface area contributed by atoms with Gasteiger partial charge in [0.05, 0.1) is 26.8 Å². The number of hydrogen-bond donors (Lipinski definition) is 1. The average molecular weight is 498 g/mol. The molecule has 0 aliphatic heterocycles. The molecule has 2 aromatic carbocycles. The highest BCUT2D eigenvalue weighted by Gasteiger charge is 2.17. The SMILES string of the molecule is Cc1nc(C)c(-c2nn(-c3ccc(F)cc3)cc2/C=C/C(=O)c2cc(Br)ccc2O)s1. The van der Waals surface area contributed by atoms with E-state index in [2.05, 4.69) is 26.0 Å². The minimum Gasteiger partial charge on any atom is -0.507 e. The summed E-state index contributed by atoms with van der Waals surface area (Å²) < 4.78 is 15.7. The van der Waals surface area contributed by atoms with Crippen LogP contribution in [0, 0.1) is 19.7 Å². The number of aromatic nitrogens is 3. The number of carbonyl (C=O) groups is 1. The molecule has 0 bridgehead atoms. The number of carbonyl (C=O) groups excluding carboxylic acids is 1. The van der Waals surface area contributed by atoms with Crippen LogP contribution >= 0.6 is 27.3 Å². The average Bonchev–Trinajstić information content (AvgIpc) is 3.30. The third-order valence-corrected chi connectivity index (χ3v) is 6.16. The molecule has 0 atom stereocenters. The Morgan fingerprint density at radius 3 is 2.61 bits per heavy atom. The molecule has 4 aromatic rings. The second-order valence-electron chi connectivity index (χ2n) is 6.86. The van der Waals surface area contributed by atoms with Crippen molar-refractivity contribution in [2.45, 2.75) is 13.8 Å². The van der Waals surface area contributed by atoms with E-state index >= 15 is 0 Å². The molecule has 0 saturated carbocycles. The summed E-state index contributed by atoms with van der Waals surface area (Å²) in [6.07, 6.45) is 4.85. The summed E-state index contributed by atoms with van der Waals surface area (Å²) in [6, 6.07) is 10.7. The maximum absolute atomic E-state index is 13.3. The normalized spacial score (nSPS) is 11.4. The van der Waals surface area contributed by atoms with Crippen molar-refractivity contribution in [2.24, 2.45) is 0 Å². The van der Waals surface area contributed by atoms with Crippen LogP contribution < -0.4 is 0 Å². The summed E-state index contributed by atoms with van der Waals surface area (Å²) in [7, 11) is 0. The molecule has 0 radical (unpaired) electrons. The quantitative estimate of drug-likeness (QED) is 0.266. The van der Waals surface area contributed by atoms with Gasteiger partial charge in [0.2, 0.25) is 0 Å². The molecule has 2 heterocycles. The van der Waals surface area contributed by atoms with Crippen LogP contribution in [-0.2, 0) is 0 Å². The van der Waals surface area contributed by atoms with E-state index in [1.807, 2.05) is 13.8 Å². The van der Waals surface area contributed by atoms with E-state index in [0.717, 1.165) is 15.6 Å². The van der Waals surface area contributed by atoms with E-state index in [1.165, 1.54) is 35.6 Å². The first-order valence-electron chi connectivity index (χ1n) is 9.33. The predicted molar refractivity (Wildman–Crippen MR) is 123 cm³/mol. The summed E-state index contributed by atoms with van der Waals surface area (Å²) in [5.74, 6) is -0.755. The second-order valence-corrected chi connectivity index (χ2v) is 8.98. The number of nitrogens with zero attached hydrogens (tertiary/aromatic N) is 3. The van der Waals surface area contributed by atoms with Gasteiger partial charge in [-0.3, -0.25) is 4.79 Å². The molecule has 0 amide bonds. The minimum atomic E-state index is -0.337. The lowest BCUT2D eigenvalue weighted by Gasteiger charge is -2.01. The highest BCUT2D eigenvalue weighted by molar-refractivity contribution is 9.10. The topological polar surface area (TPSA) is 68.0 Å². The summed E-state index contributed by atoms with van der Waals surface area (Å²) >= 11 is 4.83. The lowest BCUT2D eigenvalue weighted by Crippen LogP contribution is -1.95. The van der Waals surface area contributed by atoms with Gasteiger partial charge in [0.15, 0.2) is 5.78 Å². The molecule has 156 valence electrons. The Bertz CT molecular complexity index is 1310. The zero-order valence-electron chi connectivity index (χ0n) is 16.6. The number of aromatic hydroxyl groups is 1. The van der Waals surface area contributed by atoms with Crippen molar-refractivity contribution in [2.75, 3.05) is 0 Å². The monoisotopic (exact) mass is 497 g/mol. The van der Waals surface area contributed by atoms with Gasteiger partial charge < -0.3 is 5.11 Å². The molecule has 4 rings (SSSR count). The first-order chi connectivity index (χ1) is 14.8. The fourth-order valence-electron chi connectivity index (χ4n) is 3.12. The molecule has 0 spiro atoms. The summed E-state index contributed by atoms with van der Waals surface area (Å²) in [5.41, 5.74) is 3.12. The molecule has 0 aliphatic rings. The van der Waals surface area contributed by atoms with Gasteiger partial charge in [-0.15, -0.1) is 11.3 Å². The molecule has 0 saturated heterocycles. The van der Waals surface area contributed by atoms with Crippen LogP contribution in [0.3, 0.4) is 0 Å². The molecule has 0 unspecified atom stereocenters. The van der Waals surface area contributed by atoms with Gasteiger partial charge in [-0.1, -0.05) is 15.9 Å².